The molecular weight excluding hydrogens is 432 g/mol. The predicted octanol–water partition coefficient (Wildman–Crippen LogP) is 2.33. The average molecular weight is 452 g/mol. The molecule has 2 aromatic rings. The van der Waals surface area contributed by atoms with Gasteiger partial charge in [-0.3, -0.25) is 9.59 Å². The second-order valence-corrected chi connectivity index (χ2v) is 8.15. The first kappa shape index (κ1) is 21.2. The Morgan fingerprint density at radius 3 is 2.55 bits per heavy atom. The number of halogens is 3. The van der Waals surface area contributed by atoms with Crippen molar-refractivity contribution in [2.45, 2.75) is 24.8 Å². The minimum absolute atomic E-state index is 0.0113. The molecule has 164 valence electrons. The van der Waals surface area contributed by atoms with Gasteiger partial charge in [-0.2, -0.15) is 0 Å². The van der Waals surface area contributed by atoms with Crippen molar-refractivity contribution in [3.05, 3.63) is 46.7 Å². The Bertz CT molecular complexity index is 993. The van der Waals surface area contributed by atoms with E-state index in [0.29, 0.717) is 23.1 Å². The lowest BCUT2D eigenvalue weighted by Crippen LogP contribution is -2.56. The van der Waals surface area contributed by atoms with Gasteiger partial charge in [0.1, 0.15) is 6.04 Å². The summed E-state index contributed by atoms with van der Waals surface area (Å²) in [6.45, 7) is -0.619. The lowest BCUT2D eigenvalue weighted by atomic mass is 10.1. The van der Waals surface area contributed by atoms with Crippen molar-refractivity contribution in [3.63, 3.8) is 0 Å². The van der Waals surface area contributed by atoms with Crippen molar-refractivity contribution < 1.29 is 23.1 Å². The lowest BCUT2D eigenvalue weighted by molar-refractivity contribution is -0.120. The minimum atomic E-state index is -2.79. The number of alkyl halides is 2. The van der Waals surface area contributed by atoms with Crippen LogP contribution in [0, 0.1) is 5.92 Å². The van der Waals surface area contributed by atoms with Gasteiger partial charge < -0.3 is 20.7 Å². The van der Waals surface area contributed by atoms with E-state index in [1.807, 2.05) is 0 Å². The summed E-state index contributed by atoms with van der Waals surface area (Å²) in [6, 6.07) is 5.17. The molecule has 1 aliphatic heterocycles. The monoisotopic (exact) mass is 451 g/mol. The second-order valence-electron chi connectivity index (χ2n) is 7.71. The van der Waals surface area contributed by atoms with Crippen LogP contribution >= 0.6 is 11.6 Å². The van der Waals surface area contributed by atoms with Crippen LogP contribution in [0.5, 0.6) is 5.88 Å². The third-order valence-corrected chi connectivity index (χ3v) is 5.27. The van der Waals surface area contributed by atoms with Gasteiger partial charge >= 0.3 is 0 Å². The number of nitrogens with two attached hydrogens (primary N) is 1. The molecule has 1 saturated heterocycles. The van der Waals surface area contributed by atoms with E-state index in [2.05, 4.69) is 15.3 Å². The molecule has 0 spiro atoms. The van der Waals surface area contributed by atoms with Crippen LogP contribution < -0.4 is 20.7 Å². The average Bonchev–Trinajstić information content (AvgIpc) is 3.53. The molecule has 2 aliphatic rings. The summed E-state index contributed by atoms with van der Waals surface area (Å²) in [5.74, 6) is -3.71. The molecule has 0 unspecified atom stereocenters. The highest BCUT2D eigenvalue weighted by Crippen LogP contribution is 2.36. The smallest absolute Gasteiger partial charge is 0.282 e. The van der Waals surface area contributed by atoms with Gasteiger partial charge in [-0.25, -0.2) is 18.7 Å². The highest BCUT2D eigenvalue weighted by atomic mass is 35.5. The second kappa shape index (κ2) is 8.26. The molecule has 1 aromatic carbocycles. The van der Waals surface area contributed by atoms with Gasteiger partial charge in [-0.05, 0) is 36.5 Å². The Labute approximate surface area is 181 Å². The molecule has 31 heavy (non-hydrogen) atoms. The highest BCUT2D eigenvalue weighted by Gasteiger charge is 2.46. The van der Waals surface area contributed by atoms with E-state index in [-0.39, 0.29) is 17.4 Å². The fourth-order valence-electron chi connectivity index (χ4n) is 3.11. The van der Waals surface area contributed by atoms with E-state index in [4.69, 9.17) is 22.1 Å². The predicted molar refractivity (Wildman–Crippen MR) is 108 cm³/mol. The summed E-state index contributed by atoms with van der Waals surface area (Å²) >= 11 is 5.86. The van der Waals surface area contributed by atoms with Crippen LogP contribution in [0.2, 0.25) is 5.02 Å². The number of nitrogens with zero attached hydrogens (tertiary/aromatic N) is 3. The molecule has 3 N–H and O–H groups in total. The number of hydrogen-bond donors (Lipinski definition) is 2. The largest absolute Gasteiger partial charge is 0.475 e. The number of carbonyl (C=O) groups excluding carboxylic acids is 2. The number of primary amides is 1. The molecule has 0 bridgehead atoms. The topological polar surface area (TPSA) is 110 Å². The third kappa shape index (κ3) is 5.01. The van der Waals surface area contributed by atoms with Gasteiger partial charge in [0.2, 0.25) is 5.91 Å². The number of nitrogens with one attached hydrogen (secondary N) is 1. The summed E-state index contributed by atoms with van der Waals surface area (Å²) in [4.78, 5) is 34.3. The molecular formula is C20H20ClF2N5O3. The Kier molecular flexibility index (Phi) is 5.65. The fourth-order valence-corrected chi connectivity index (χ4v) is 3.24. The zero-order valence-electron chi connectivity index (χ0n) is 16.4. The maximum absolute atomic E-state index is 13.3. The molecule has 1 aliphatic carbocycles. The van der Waals surface area contributed by atoms with Crippen molar-refractivity contribution in [3.8, 4) is 5.88 Å². The van der Waals surface area contributed by atoms with Gasteiger partial charge in [0.25, 0.3) is 17.7 Å². The zero-order chi connectivity index (χ0) is 22.2. The van der Waals surface area contributed by atoms with Crippen LogP contribution in [0.4, 0.5) is 14.6 Å². The van der Waals surface area contributed by atoms with Crippen molar-refractivity contribution in [1.82, 2.24) is 15.3 Å². The SMILES string of the molecule is NC(=O)[C@@H](NC(=O)c1cnc(N2CC(F)(F)C2)c(OCC2CC2)n1)c1ccc(Cl)cc1. The van der Waals surface area contributed by atoms with E-state index in [1.54, 1.807) is 24.3 Å². The van der Waals surface area contributed by atoms with Crippen LogP contribution in [-0.2, 0) is 4.79 Å². The first-order chi connectivity index (χ1) is 14.7. The van der Waals surface area contributed by atoms with Crippen molar-refractivity contribution >= 4 is 29.2 Å². The number of ether oxygens (including phenoxy) is 1. The molecule has 2 heterocycles. The molecule has 1 atom stereocenters. The summed E-state index contributed by atoms with van der Waals surface area (Å²) in [5, 5.41) is 2.98. The van der Waals surface area contributed by atoms with Gasteiger partial charge in [0, 0.05) is 5.02 Å². The number of anilines is 1. The molecule has 1 saturated carbocycles. The number of rotatable bonds is 8. The lowest BCUT2D eigenvalue weighted by Gasteiger charge is -2.39. The molecule has 4 rings (SSSR count). The van der Waals surface area contributed by atoms with Gasteiger partial charge in [0.05, 0.1) is 25.9 Å². The molecule has 11 heteroatoms. The third-order valence-electron chi connectivity index (χ3n) is 5.01. The minimum Gasteiger partial charge on any atom is -0.475 e. The number of carbonyl (C=O) groups is 2. The van der Waals surface area contributed by atoms with Crippen LogP contribution in [-0.4, -0.2) is 47.4 Å². The van der Waals surface area contributed by atoms with E-state index >= 15 is 0 Å². The number of benzene rings is 1. The van der Waals surface area contributed by atoms with E-state index in [1.165, 1.54) is 4.90 Å². The number of hydrogen-bond acceptors (Lipinski definition) is 6. The van der Waals surface area contributed by atoms with Crippen molar-refractivity contribution in [1.29, 1.82) is 0 Å². The highest BCUT2D eigenvalue weighted by molar-refractivity contribution is 6.30. The maximum Gasteiger partial charge on any atom is 0.282 e. The first-order valence-electron chi connectivity index (χ1n) is 9.70. The standard InChI is InChI=1S/C20H20ClF2N5O3/c21-13-5-3-12(4-6-13)15(16(24)29)27-18(30)14-7-25-17(28-9-20(22,23)10-28)19(26-14)31-8-11-1-2-11/h3-7,11,15H,1-2,8-10H2,(H2,24,29)(H,27,30)/t15-/m0/s1. The number of aromatic nitrogens is 2. The van der Waals surface area contributed by atoms with E-state index in [0.717, 1.165) is 19.0 Å². The number of amides is 2. The van der Waals surface area contributed by atoms with Crippen LogP contribution in [0.25, 0.3) is 0 Å². The Hall–Kier alpha value is -3.01. The van der Waals surface area contributed by atoms with Crippen molar-refractivity contribution in [2.75, 3.05) is 24.6 Å². The zero-order valence-corrected chi connectivity index (χ0v) is 17.1. The summed E-state index contributed by atoms with van der Waals surface area (Å²) in [7, 11) is 0. The first-order valence-corrected chi connectivity index (χ1v) is 10.1. The van der Waals surface area contributed by atoms with Crippen molar-refractivity contribution in [2.24, 2.45) is 11.7 Å². The Morgan fingerprint density at radius 2 is 1.97 bits per heavy atom. The van der Waals surface area contributed by atoms with Gasteiger partial charge in [-0.15, -0.1) is 0 Å². The van der Waals surface area contributed by atoms with Gasteiger partial charge in [-0.1, -0.05) is 23.7 Å². The molecule has 1 aromatic heterocycles. The van der Waals surface area contributed by atoms with Crippen LogP contribution in [0.3, 0.4) is 0 Å². The normalized spacial score (nSPS) is 18.1. The Balaban J connectivity index is 1.54. The van der Waals surface area contributed by atoms with E-state index < -0.39 is 36.9 Å². The van der Waals surface area contributed by atoms with E-state index in [9.17, 15) is 18.4 Å². The maximum atomic E-state index is 13.3. The Morgan fingerprint density at radius 1 is 1.29 bits per heavy atom. The van der Waals surface area contributed by atoms with Gasteiger partial charge in [0.15, 0.2) is 11.5 Å². The summed E-state index contributed by atoms with van der Waals surface area (Å²) in [6.07, 6.45) is 3.20. The van der Waals surface area contributed by atoms with Crippen LogP contribution in [0.1, 0.15) is 34.9 Å². The molecule has 2 amide bonds. The molecule has 2 fully saturated rings. The molecule has 8 nitrogen and oxygen atoms in total. The fraction of sp³-hybridized carbons (Fsp3) is 0.400. The summed E-state index contributed by atoms with van der Waals surface area (Å²) in [5.41, 5.74) is 5.76. The quantitative estimate of drug-likeness (QED) is 0.637. The molecule has 0 radical (unpaired) electrons. The summed E-state index contributed by atoms with van der Waals surface area (Å²) < 4.78 is 32.3. The van der Waals surface area contributed by atoms with Crippen LogP contribution in [0.15, 0.2) is 30.5 Å².